The Morgan fingerprint density at radius 1 is 1.10 bits per heavy atom. The van der Waals surface area contributed by atoms with Gasteiger partial charge in [-0.1, -0.05) is 20.3 Å². The van der Waals surface area contributed by atoms with Gasteiger partial charge in [-0.2, -0.15) is 0 Å². The fourth-order valence-corrected chi connectivity index (χ4v) is 2.45. The van der Waals surface area contributed by atoms with Gasteiger partial charge in [-0.3, -0.25) is 0 Å². The zero-order valence-electron chi connectivity index (χ0n) is 13.2. The van der Waals surface area contributed by atoms with Crippen molar-refractivity contribution >= 4 is 0 Å². The lowest BCUT2D eigenvalue weighted by molar-refractivity contribution is 0.0602. The number of benzene rings is 1. The molecule has 0 aliphatic heterocycles. The fraction of sp³-hybridized carbons (Fsp3) is 0.625. The third-order valence-corrected chi connectivity index (χ3v) is 3.44. The summed E-state index contributed by atoms with van der Waals surface area (Å²) in [5, 5.41) is 3.50. The molecule has 0 radical (unpaired) electrons. The largest absolute Gasteiger partial charge is 0.497 e. The Hall–Kier alpha value is -1.26. The van der Waals surface area contributed by atoms with Crippen molar-refractivity contribution in [2.45, 2.75) is 38.8 Å². The first kappa shape index (κ1) is 16.8. The van der Waals surface area contributed by atoms with Crippen molar-refractivity contribution in [1.29, 1.82) is 0 Å². The zero-order valence-corrected chi connectivity index (χ0v) is 13.2. The SMILES string of the molecule is CCCC(OC)C(NCC)c1cc(OC)ccc1OC. The molecule has 0 fully saturated rings. The molecule has 0 spiro atoms. The van der Waals surface area contributed by atoms with E-state index in [4.69, 9.17) is 14.2 Å². The van der Waals surface area contributed by atoms with E-state index in [0.29, 0.717) is 0 Å². The average Bonchev–Trinajstić information content (AvgIpc) is 2.50. The first-order chi connectivity index (χ1) is 9.71. The summed E-state index contributed by atoms with van der Waals surface area (Å²) in [6, 6.07) is 5.97. The minimum Gasteiger partial charge on any atom is -0.497 e. The van der Waals surface area contributed by atoms with E-state index in [1.165, 1.54) is 0 Å². The second-order valence-corrected chi connectivity index (χ2v) is 4.71. The van der Waals surface area contributed by atoms with Crippen molar-refractivity contribution in [3.05, 3.63) is 23.8 Å². The molecule has 1 aromatic rings. The van der Waals surface area contributed by atoms with Gasteiger partial charge in [-0.15, -0.1) is 0 Å². The summed E-state index contributed by atoms with van der Waals surface area (Å²) in [4.78, 5) is 0. The van der Waals surface area contributed by atoms with Crippen LogP contribution in [0, 0.1) is 0 Å². The number of hydrogen-bond acceptors (Lipinski definition) is 4. The van der Waals surface area contributed by atoms with Crippen molar-refractivity contribution in [2.75, 3.05) is 27.9 Å². The average molecular weight is 281 g/mol. The predicted molar refractivity (Wildman–Crippen MR) is 81.7 cm³/mol. The van der Waals surface area contributed by atoms with Crippen LogP contribution in [0.2, 0.25) is 0 Å². The molecule has 1 rings (SSSR count). The molecule has 0 amide bonds. The van der Waals surface area contributed by atoms with Gasteiger partial charge in [0.2, 0.25) is 0 Å². The van der Waals surface area contributed by atoms with E-state index in [1.54, 1.807) is 21.3 Å². The maximum Gasteiger partial charge on any atom is 0.124 e. The molecule has 1 aromatic carbocycles. The van der Waals surface area contributed by atoms with E-state index in [1.807, 2.05) is 18.2 Å². The molecule has 4 nitrogen and oxygen atoms in total. The molecule has 20 heavy (non-hydrogen) atoms. The summed E-state index contributed by atoms with van der Waals surface area (Å²) in [6.45, 7) is 5.13. The van der Waals surface area contributed by atoms with Crippen LogP contribution in [0.15, 0.2) is 18.2 Å². The van der Waals surface area contributed by atoms with Crippen LogP contribution < -0.4 is 14.8 Å². The van der Waals surface area contributed by atoms with Crippen LogP contribution in [0.4, 0.5) is 0 Å². The number of hydrogen-bond donors (Lipinski definition) is 1. The Kier molecular flexibility index (Phi) is 7.41. The van der Waals surface area contributed by atoms with E-state index >= 15 is 0 Å². The summed E-state index contributed by atoms with van der Waals surface area (Å²) < 4.78 is 16.5. The summed E-state index contributed by atoms with van der Waals surface area (Å²) in [6.07, 6.45) is 2.18. The van der Waals surface area contributed by atoms with Crippen LogP contribution in [0.25, 0.3) is 0 Å². The zero-order chi connectivity index (χ0) is 15.0. The predicted octanol–water partition coefficient (Wildman–Crippen LogP) is 3.17. The number of methoxy groups -OCH3 is 3. The molecular formula is C16H27NO3. The molecule has 1 N–H and O–H groups in total. The normalized spacial score (nSPS) is 13.8. The van der Waals surface area contributed by atoms with Crippen molar-refractivity contribution in [2.24, 2.45) is 0 Å². The van der Waals surface area contributed by atoms with Gasteiger partial charge in [-0.25, -0.2) is 0 Å². The standard InChI is InChI=1S/C16H27NO3/c1-6-8-15(20-5)16(17-7-2)13-11-12(18-3)9-10-14(13)19-4/h9-11,15-17H,6-8H2,1-5H3. The maximum atomic E-state index is 5.67. The minimum absolute atomic E-state index is 0.0926. The first-order valence-corrected chi connectivity index (χ1v) is 7.19. The number of ether oxygens (including phenoxy) is 3. The Morgan fingerprint density at radius 3 is 2.35 bits per heavy atom. The smallest absolute Gasteiger partial charge is 0.124 e. The third-order valence-electron chi connectivity index (χ3n) is 3.44. The summed E-state index contributed by atoms with van der Waals surface area (Å²) >= 11 is 0. The van der Waals surface area contributed by atoms with Crippen LogP contribution in [-0.4, -0.2) is 34.0 Å². The highest BCUT2D eigenvalue weighted by atomic mass is 16.5. The molecule has 0 heterocycles. The van der Waals surface area contributed by atoms with E-state index in [9.17, 15) is 0 Å². The van der Waals surface area contributed by atoms with Gasteiger partial charge in [0.25, 0.3) is 0 Å². The molecule has 0 saturated heterocycles. The lowest BCUT2D eigenvalue weighted by Crippen LogP contribution is -2.33. The van der Waals surface area contributed by atoms with Crippen molar-refractivity contribution < 1.29 is 14.2 Å². The van der Waals surface area contributed by atoms with Crippen LogP contribution >= 0.6 is 0 Å². The Labute approximate surface area is 122 Å². The molecule has 0 aromatic heterocycles. The van der Waals surface area contributed by atoms with E-state index < -0.39 is 0 Å². The van der Waals surface area contributed by atoms with Gasteiger partial charge < -0.3 is 19.5 Å². The summed E-state index contributed by atoms with van der Waals surface area (Å²) in [5.41, 5.74) is 1.08. The molecule has 0 bridgehead atoms. The van der Waals surface area contributed by atoms with E-state index in [0.717, 1.165) is 36.4 Å². The highest BCUT2D eigenvalue weighted by Gasteiger charge is 2.25. The number of nitrogens with one attached hydrogen (secondary N) is 1. The van der Waals surface area contributed by atoms with Gasteiger partial charge in [0.1, 0.15) is 11.5 Å². The number of likely N-dealkylation sites (N-methyl/N-ethyl adjacent to an activating group) is 1. The van der Waals surface area contributed by atoms with E-state index in [2.05, 4.69) is 19.2 Å². The summed E-state index contributed by atoms with van der Waals surface area (Å²) in [7, 11) is 5.13. The van der Waals surface area contributed by atoms with Gasteiger partial charge in [0.15, 0.2) is 0 Å². The molecule has 114 valence electrons. The Bertz CT molecular complexity index is 395. The second kappa shape index (κ2) is 8.82. The fourth-order valence-electron chi connectivity index (χ4n) is 2.45. The Balaban J connectivity index is 3.17. The van der Waals surface area contributed by atoms with Crippen LogP contribution in [-0.2, 0) is 4.74 Å². The lowest BCUT2D eigenvalue weighted by atomic mass is 9.96. The molecule has 2 unspecified atom stereocenters. The number of rotatable bonds is 9. The van der Waals surface area contributed by atoms with Crippen LogP contribution in [0.3, 0.4) is 0 Å². The molecule has 2 atom stereocenters. The van der Waals surface area contributed by atoms with Gasteiger partial charge in [0, 0.05) is 12.7 Å². The quantitative estimate of drug-likeness (QED) is 0.754. The Morgan fingerprint density at radius 2 is 1.85 bits per heavy atom. The second-order valence-electron chi connectivity index (χ2n) is 4.71. The minimum atomic E-state index is 0.0926. The highest BCUT2D eigenvalue weighted by Crippen LogP contribution is 2.33. The summed E-state index contributed by atoms with van der Waals surface area (Å²) in [5.74, 6) is 1.69. The molecule has 0 aliphatic rings. The highest BCUT2D eigenvalue weighted by molar-refractivity contribution is 5.42. The van der Waals surface area contributed by atoms with Crippen molar-refractivity contribution in [3.63, 3.8) is 0 Å². The van der Waals surface area contributed by atoms with Crippen LogP contribution in [0.1, 0.15) is 38.3 Å². The van der Waals surface area contributed by atoms with Gasteiger partial charge >= 0.3 is 0 Å². The van der Waals surface area contributed by atoms with Crippen LogP contribution in [0.5, 0.6) is 11.5 Å². The van der Waals surface area contributed by atoms with Gasteiger partial charge in [-0.05, 0) is 31.2 Å². The van der Waals surface area contributed by atoms with Gasteiger partial charge in [0.05, 0.1) is 26.4 Å². The monoisotopic (exact) mass is 281 g/mol. The lowest BCUT2D eigenvalue weighted by Gasteiger charge is -2.28. The molecule has 0 saturated carbocycles. The topological polar surface area (TPSA) is 39.7 Å². The third kappa shape index (κ3) is 4.12. The van der Waals surface area contributed by atoms with Crippen molar-refractivity contribution in [3.8, 4) is 11.5 Å². The molecular weight excluding hydrogens is 254 g/mol. The first-order valence-electron chi connectivity index (χ1n) is 7.19. The molecule has 0 aliphatic carbocycles. The maximum absolute atomic E-state index is 5.67. The molecule has 4 heteroatoms. The van der Waals surface area contributed by atoms with E-state index in [-0.39, 0.29) is 12.1 Å². The van der Waals surface area contributed by atoms with Crippen molar-refractivity contribution in [1.82, 2.24) is 5.32 Å².